The van der Waals surface area contributed by atoms with Crippen LogP contribution < -0.4 is 5.32 Å². The van der Waals surface area contributed by atoms with Gasteiger partial charge in [0.25, 0.3) is 5.69 Å². The number of urea groups is 1. The van der Waals surface area contributed by atoms with Crippen molar-refractivity contribution in [2.45, 2.75) is 19.4 Å². The number of anilines is 1. The minimum absolute atomic E-state index is 0.0383. The van der Waals surface area contributed by atoms with Crippen molar-refractivity contribution >= 4 is 23.3 Å². The van der Waals surface area contributed by atoms with E-state index in [1.54, 1.807) is 11.9 Å². The van der Waals surface area contributed by atoms with Gasteiger partial charge in [-0.05, 0) is 36.6 Å². The lowest BCUT2D eigenvalue weighted by atomic mass is 9.93. The van der Waals surface area contributed by atoms with Crippen molar-refractivity contribution in [2.75, 3.05) is 25.5 Å². The second kappa shape index (κ2) is 8.08. The first kappa shape index (κ1) is 19.3. The lowest BCUT2D eigenvalue weighted by Gasteiger charge is -2.36. The third kappa shape index (κ3) is 4.11. The van der Waals surface area contributed by atoms with E-state index in [0.717, 1.165) is 12.0 Å². The van der Waals surface area contributed by atoms with E-state index in [-0.39, 0.29) is 24.2 Å². The highest BCUT2D eigenvalue weighted by Gasteiger charge is 2.28. The summed E-state index contributed by atoms with van der Waals surface area (Å²) in [6, 6.07) is 13.1. The van der Waals surface area contributed by atoms with E-state index in [9.17, 15) is 19.7 Å². The molecule has 1 atom stereocenters. The lowest BCUT2D eigenvalue weighted by molar-refractivity contribution is -0.384. The molecule has 146 valence electrons. The molecule has 0 aliphatic carbocycles. The number of hydrogen-bond donors (Lipinski definition) is 1. The zero-order valence-electron chi connectivity index (χ0n) is 15.8. The molecule has 1 aliphatic rings. The first-order valence-corrected chi connectivity index (χ1v) is 9.00. The van der Waals surface area contributed by atoms with Gasteiger partial charge in [0.1, 0.15) is 6.54 Å². The monoisotopic (exact) mass is 382 g/mol. The van der Waals surface area contributed by atoms with Gasteiger partial charge in [-0.1, -0.05) is 24.3 Å². The highest BCUT2D eigenvalue weighted by atomic mass is 16.6. The number of rotatable bonds is 4. The molecule has 0 spiro atoms. The number of non-ortho nitro benzene ring substituents is 1. The number of nitrogens with one attached hydrogen (secondary N) is 1. The molecule has 8 heteroatoms. The topological polar surface area (TPSA) is 95.8 Å². The normalized spacial score (nSPS) is 15.5. The molecular weight excluding hydrogens is 360 g/mol. The SMILES string of the molecule is CC1c2ccccc2CCN1C(=O)CN(C)C(=O)Nc1ccc([N+](=O)[O-])cc1. The van der Waals surface area contributed by atoms with Gasteiger partial charge in [0.2, 0.25) is 5.91 Å². The lowest BCUT2D eigenvalue weighted by Crippen LogP contribution is -2.45. The summed E-state index contributed by atoms with van der Waals surface area (Å²) in [6.45, 7) is 2.56. The Labute approximate surface area is 162 Å². The molecule has 2 aromatic rings. The summed E-state index contributed by atoms with van der Waals surface area (Å²) >= 11 is 0. The van der Waals surface area contributed by atoms with Crippen LogP contribution in [0, 0.1) is 10.1 Å². The van der Waals surface area contributed by atoms with E-state index in [1.165, 1.54) is 34.7 Å². The second-order valence-corrected chi connectivity index (χ2v) is 6.80. The minimum atomic E-state index is -0.506. The van der Waals surface area contributed by atoms with Crippen LogP contribution in [-0.2, 0) is 11.2 Å². The van der Waals surface area contributed by atoms with Crippen LogP contribution in [0.5, 0.6) is 0 Å². The Bertz CT molecular complexity index is 897. The van der Waals surface area contributed by atoms with Gasteiger partial charge >= 0.3 is 6.03 Å². The van der Waals surface area contributed by atoms with Gasteiger partial charge in [0, 0.05) is 31.4 Å². The van der Waals surface area contributed by atoms with Crippen LogP contribution in [0.4, 0.5) is 16.2 Å². The molecule has 0 fully saturated rings. The molecule has 1 heterocycles. The Hall–Kier alpha value is -3.42. The zero-order valence-corrected chi connectivity index (χ0v) is 15.8. The highest BCUT2D eigenvalue weighted by Crippen LogP contribution is 2.29. The van der Waals surface area contributed by atoms with E-state index in [0.29, 0.717) is 12.2 Å². The first-order valence-electron chi connectivity index (χ1n) is 9.00. The maximum Gasteiger partial charge on any atom is 0.322 e. The van der Waals surface area contributed by atoms with Gasteiger partial charge in [0.05, 0.1) is 11.0 Å². The molecular formula is C20H22N4O4. The average molecular weight is 382 g/mol. The number of carbonyl (C=O) groups is 2. The van der Waals surface area contributed by atoms with Crippen molar-refractivity contribution in [1.82, 2.24) is 9.80 Å². The summed E-state index contributed by atoms with van der Waals surface area (Å²) in [5.41, 5.74) is 2.76. The van der Waals surface area contributed by atoms with Gasteiger partial charge in [-0.25, -0.2) is 4.79 Å². The Balaban J connectivity index is 1.59. The molecule has 0 saturated heterocycles. The van der Waals surface area contributed by atoms with Crippen molar-refractivity contribution in [2.24, 2.45) is 0 Å². The van der Waals surface area contributed by atoms with E-state index in [4.69, 9.17) is 0 Å². The van der Waals surface area contributed by atoms with Crippen LogP contribution in [0.3, 0.4) is 0 Å². The molecule has 1 unspecified atom stereocenters. The van der Waals surface area contributed by atoms with Gasteiger partial charge < -0.3 is 15.1 Å². The van der Waals surface area contributed by atoms with Crippen molar-refractivity contribution in [3.05, 3.63) is 69.8 Å². The molecule has 3 rings (SSSR count). The summed E-state index contributed by atoms with van der Waals surface area (Å²) in [5, 5.41) is 13.3. The Morgan fingerprint density at radius 2 is 1.89 bits per heavy atom. The van der Waals surface area contributed by atoms with Gasteiger partial charge in [0.15, 0.2) is 0 Å². The standard InChI is InChI=1S/C20H22N4O4/c1-14-18-6-4-3-5-15(18)11-12-23(14)19(25)13-22(2)20(26)21-16-7-9-17(10-8-16)24(27)28/h3-10,14H,11-13H2,1-2H3,(H,21,26). The molecule has 0 radical (unpaired) electrons. The summed E-state index contributed by atoms with van der Waals surface area (Å²) < 4.78 is 0. The Kier molecular flexibility index (Phi) is 5.58. The largest absolute Gasteiger partial charge is 0.334 e. The number of nitro benzene ring substituents is 1. The highest BCUT2D eigenvalue weighted by molar-refractivity contribution is 5.92. The Morgan fingerprint density at radius 1 is 1.21 bits per heavy atom. The Morgan fingerprint density at radius 3 is 2.57 bits per heavy atom. The first-order chi connectivity index (χ1) is 13.4. The van der Waals surface area contributed by atoms with Crippen molar-refractivity contribution in [3.8, 4) is 0 Å². The zero-order chi connectivity index (χ0) is 20.3. The molecule has 1 N–H and O–H groups in total. The van der Waals surface area contributed by atoms with Gasteiger partial charge in [-0.3, -0.25) is 14.9 Å². The van der Waals surface area contributed by atoms with Crippen molar-refractivity contribution in [3.63, 3.8) is 0 Å². The molecule has 0 bridgehead atoms. The second-order valence-electron chi connectivity index (χ2n) is 6.80. The van der Waals surface area contributed by atoms with Crippen LogP contribution in [0.15, 0.2) is 48.5 Å². The number of hydrogen-bond acceptors (Lipinski definition) is 4. The van der Waals surface area contributed by atoms with Crippen LogP contribution in [0.2, 0.25) is 0 Å². The maximum atomic E-state index is 12.7. The quantitative estimate of drug-likeness (QED) is 0.649. The van der Waals surface area contributed by atoms with E-state index < -0.39 is 11.0 Å². The fraction of sp³-hybridized carbons (Fsp3) is 0.300. The summed E-state index contributed by atoms with van der Waals surface area (Å²) in [4.78, 5) is 38.3. The number of nitrogens with zero attached hydrogens (tertiary/aromatic N) is 3. The summed E-state index contributed by atoms with van der Waals surface area (Å²) in [6.07, 6.45) is 0.797. The van der Waals surface area contributed by atoms with E-state index in [2.05, 4.69) is 11.4 Å². The maximum absolute atomic E-state index is 12.7. The molecule has 0 saturated carbocycles. The number of likely N-dealkylation sites (N-methyl/N-ethyl adjacent to an activating group) is 1. The van der Waals surface area contributed by atoms with Crippen LogP contribution >= 0.6 is 0 Å². The number of nitro groups is 1. The number of fused-ring (bicyclic) bond motifs is 1. The third-order valence-corrected chi connectivity index (χ3v) is 4.96. The number of carbonyl (C=O) groups excluding carboxylic acids is 2. The van der Waals surface area contributed by atoms with Crippen LogP contribution in [-0.4, -0.2) is 46.8 Å². The minimum Gasteiger partial charge on any atom is -0.334 e. The molecule has 1 aliphatic heterocycles. The molecule has 0 aromatic heterocycles. The predicted molar refractivity (Wildman–Crippen MR) is 105 cm³/mol. The summed E-state index contributed by atoms with van der Waals surface area (Å²) in [5.74, 6) is -0.122. The number of amides is 3. The van der Waals surface area contributed by atoms with Crippen LogP contribution in [0.25, 0.3) is 0 Å². The third-order valence-electron chi connectivity index (χ3n) is 4.96. The fourth-order valence-corrected chi connectivity index (χ4v) is 3.36. The van der Waals surface area contributed by atoms with Crippen molar-refractivity contribution in [1.29, 1.82) is 0 Å². The van der Waals surface area contributed by atoms with Crippen LogP contribution in [0.1, 0.15) is 24.1 Å². The molecule has 8 nitrogen and oxygen atoms in total. The van der Waals surface area contributed by atoms with E-state index >= 15 is 0 Å². The predicted octanol–water partition coefficient (Wildman–Crippen LogP) is 3.20. The molecule has 28 heavy (non-hydrogen) atoms. The number of benzene rings is 2. The molecule has 2 aromatic carbocycles. The van der Waals surface area contributed by atoms with E-state index in [1.807, 2.05) is 25.1 Å². The summed E-state index contributed by atoms with van der Waals surface area (Å²) in [7, 11) is 1.54. The fourth-order valence-electron chi connectivity index (χ4n) is 3.36. The van der Waals surface area contributed by atoms with Gasteiger partial charge in [-0.2, -0.15) is 0 Å². The average Bonchev–Trinajstić information content (AvgIpc) is 2.68. The molecule has 3 amide bonds. The smallest absolute Gasteiger partial charge is 0.322 e. The van der Waals surface area contributed by atoms with Gasteiger partial charge in [-0.15, -0.1) is 0 Å². The van der Waals surface area contributed by atoms with Crippen molar-refractivity contribution < 1.29 is 14.5 Å².